The van der Waals surface area contributed by atoms with Crippen LogP contribution in [0, 0.1) is 18.7 Å². The van der Waals surface area contributed by atoms with Gasteiger partial charge in [0.1, 0.15) is 16.8 Å². The smallest absolute Gasteiger partial charge is 0.410 e. The number of hydrogen-bond acceptors (Lipinski definition) is 5. The number of ether oxygens (including phenoxy) is 1. The number of carbonyl (C=O) groups excluding carboxylic acids is 3. The van der Waals surface area contributed by atoms with Crippen LogP contribution < -0.4 is 10.2 Å². The van der Waals surface area contributed by atoms with Crippen LogP contribution in [-0.4, -0.2) is 59.1 Å². The van der Waals surface area contributed by atoms with E-state index in [2.05, 4.69) is 10.3 Å². The minimum Gasteiger partial charge on any atom is -0.444 e. The lowest BCUT2D eigenvalue weighted by molar-refractivity contribution is -0.129. The van der Waals surface area contributed by atoms with Crippen molar-refractivity contribution >= 4 is 35.2 Å². The first-order valence-corrected chi connectivity index (χ1v) is 13.8. The summed E-state index contributed by atoms with van der Waals surface area (Å²) in [7, 11) is 0. The highest BCUT2D eigenvalue weighted by atomic mass is 35.5. The molecule has 2 aromatic rings. The second kappa shape index (κ2) is 10.1. The van der Waals surface area contributed by atoms with Crippen molar-refractivity contribution in [3.05, 3.63) is 58.1 Å². The van der Waals surface area contributed by atoms with Crippen molar-refractivity contribution in [2.75, 3.05) is 24.5 Å². The van der Waals surface area contributed by atoms with E-state index in [1.54, 1.807) is 50.8 Å². The van der Waals surface area contributed by atoms with Gasteiger partial charge >= 0.3 is 6.09 Å². The number of anilines is 1. The first-order chi connectivity index (χ1) is 18.4. The monoisotopic (exact) mass is 556 g/mol. The third-order valence-electron chi connectivity index (χ3n) is 7.91. The van der Waals surface area contributed by atoms with Crippen LogP contribution in [0.3, 0.4) is 0 Å². The fraction of sp³-hybridized carbons (Fsp3) is 0.517. The van der Waals surface area contributed by atoms with Gasteiger partial charge in [0.25, 0.3) is 5.91 Å². The molecular weight excluding hydrogens is 523 g/mol. The summed E-state index contributed by atoms with van der Waals surface area (Å²) in [5.74, 6) is -0.567. The molecule has 0 radical (unpaired) electrons. The van der Waals surface area contributed by atoms with E-state index in [0.717, 1.165) is 25.7 Å². The Labute approximate surface area is 232 Å². The summed E-state index contributed by atoms with van der Waals surface area (Å²) in [5, 5.41) is 3.51. The number of carbonyl (C=O) groups is 3. The first kappa shape index (κ1) is 27.4. The maximum atomic E-state index is 15.1. The zero-order valence-corrected chi connectivity index (χ0v) is 23.5. The molecule has 0 bridgehead atoms. The number of amides is 3. The topological polar surface area (TPSA) is 91.8 Å². The van der Waals surface area contributed by atoms with Crippen LogP contribution in [0.4, 0.5) is 14.9 Å². The molecule has 10 heteroatoms. The fourth-order valence-corrected chi connectivity index (χ4v) is 6.13. The van der Waals surface area contributed by atoms with E-state index in [0.29, 0.717) is 34.1 Å². The average molecular weight is 557 g/mol. The third-order valence-corrected chi connectivity index (χ3v) is 8.12. The zero-order valence-electron chi connectivity index (χ0n) is 22.7. The van der Waals surface area contributed by atoms with E-state index in [-0.39, 0.29) is 36.9 Å². The van der Waals surface area contributed by atoms with Crippen LogP contribution in [0.15, 0.2) is 30.5 Å². The van der Waals surface area contributed by atoms with Crippen molar-refractivity contribution in [1.29, 1.82) is 0 Å². The van der Waals surface area contributed by atoms with Crippen molar-refractivity contribution in [3.63, 3.8) is 0 Å². The Balaban J connectivity index is 1.23. The second-order valence-electron chi connectivity index (χ2n) is 11.9. The van der Waals surface area contributed by atoms with Gasteiger partial charge in [-0.3, -0.25) is 14.6 Å². The quantitative estimate of drug-likeness (QED) is 0.572. The van der Waals surface area contributed by atoms with E-state index in [1.807, 2.05) is 0 Å². The number of benzene rings is 1. The number of nitrogens with zero attached hydrogens (tertiary/aromatic N) is 3. The number of fused-ring (bicyclic) bond motifs is 2. The fourth-order valence-electron chi connectivity index (χ4n) is 5.97. The molecule has 8 nitrogen and oxygen atoms in total. The van der Waals surface area contributed by atoms with Crippen molar-refractivity contribution in [2.45, 2.75) is 70.4 Å². The van der Waals surface area contributed by atoms with E-state index in [4.69, 9.17) is 16.3 Å². The van der Waals surface area contributed by atoms with Crippen molar-refractivity contribution in [2.24, 2.45) is 5.92 Å². The van der Waals surface area contributed by atoms with Crippen molar-refractivity contribution in [1.82, 2.24) is 15.2 Å². The molecule has 2 fully saturated rings. The molecular formula is C29H34ClFN4O4. The highest BCUT2D eigenvalue weighted by molar-refractivity contribution is 6.30. The highest BCUT2D eigenvalue weighted by Gasteiger charge is 2.61. The molecule has 1 aromatic heterocycles. The number of likely N-dealkylation sites (tertiary alicyclic amines) is 1. The van der Waals surface area contributed by atoms with Crippen LogP contribution in [0.25, 0.3) is 0 Å². The molecule has 0 atom stereocenters. The van der Waals surface area contributed by atoms with Crippen LogP contribution in [0.5, 0.6) is 0 Å². The molecule has 2 aliphatic heterocycles. The molecule has 1 aliphatic carbocycles. The Hall–Kier alpha value is -3.20. The first-order valence-electron chi connectivity index (χ1n) is 13.4. The van der Waals surface area contributed by atoms with Gasteiger partial charge in [-0.1, -0.05) is 17.7 Å². The molecule has 1 aromatic carbocycles. The van der Waals surface area contributed by atoms with E-state index < -0.39 is 22.9 Å². The standard InChI is InChI=1S/C29H34ClFN4O4/c1-17-21(12-19(30)13-32-17)25(36)33-20-10-8-18(9-11-20)14-35-23-7-5-6-22(31)24(23)29(26(35)37)15-34(16-29)27(38)39-28(2,3)4/h5-7,12-13,18,20H,8-11,14-16H2,1-4H3,(H,33,36)/t18-,20-. The van der Waals surface area contributed by atoms with Crippen molar-refractivity contribution < 1.29 is 23.5 Å². The molecule has 1 saturated heterocycles. The minimum atomic E-state index is -1.08. The highest BCUT2D eigenvalue weighted by Crippen LogP contribution is 2.49. The number of nitrogens with one attached hydrogen (secondary N) is 1. The Morgan fingerprint density at radius 2 is 1.90 bits per heavy atom. The summed E-state index contributed by atoms with van der Waals surface area (Å²) in [4.78, 5) is 46.5. The van der Waals surface area contributed by atoms with Gasteiger partial charge in [-0.05, 0) is 77.5 Å². The Morgan fingerprint density at radius 1 is 1.21 bits per heavy atom. The predicted octanol–water partition coefficient (Wildman–Crippen LogP) is 5.01. The van der Waals surface area contributed by atoms with Gasteiger partial charge in [0, 0.05) is 37.4 Å². The molecule has 3 aliphatic rings. The zero-order chi connectivity index (χ0) is 28.1. The summed E-state index contributed by atoms with van der Waals surface area (Å²) >= 11 is 6.02. The lowest BCUT2D eigenvalue weighted by atomic mass is 9.74. The van der Waals surface area contributed by atoms with Crippen LogP contribution in [-0.2, 0) is 14.9 Å². The maximum absolute atomic E-state index is 15.1. The van der Waals surface area contributed by atoms with Gasteiger partial charge in [-0.25, -0.2) is 9.18 Å². The third kappa shape index (κ3) is 5.21. The molecule has 5 rings (SSSR count). The summed E-state index contributed by atoms with van der Waals surface area (Å²) in [6, 6.07) is 6.43. The van der Waals surface area contributed by atoms with Gasteiger partial charge < -0.3 is 19.9 Å². The second-order valence-corrected chi connectivity index (χ2v) is 12.4. The van der Waals surface area contributed by atoms with E-state index in [1.165, 1.54) is 17.2 Å². The van der Waals surface area contributed by atoms with Gasteiger partial charge in [0.15, 0.2) is 0 Å². The Kier molecular flexibility index (Phi) is 7.07. The number of pyridine rings is 1. The SMILES string of the molecule is Cc1ncc(Cl)cc1C(=O)N[C@H]1CC[C@H](CN2C(=O)C3(CN(C(=O)OC(C)(C)C)C3)c3c(F)cccc32)CC1. The lowest BCUT2D eigenvalue weighted by Gasteiger charge is -2.46. The summed E-state index contributed by atoms with van der Waals surface area (Å²) < 4.78 is 20.6. The predicted molar refractivity (Wildman–Crippen MR) is 145 cm³/mol. The normalized spacial score (nSPS) is 21.9. The Morgan fingerprint density at radius 3 is 2.56 bits per heavy atom. The molecule has 3 heterocycles. The molecule has 0 unspecified atom stereocenters. The largest absolute Gasteiger partial charge is 0.444 e. The number of aryl methyl sites for hydroxylation is 1. The molecule has 39 heavy (non-hydrogen) atoms. The number of halogens is 2. The summed E-state index contributed by atoms with van der Waals surface area (Å²) in [6.07, 6.45) is 4.22. The van der Waals surface area contributed by atoms with Crippen LogP contribution in [0.1, 0.15) is 68.1 Å². The minimum absolute atomic E-state index is 0.0199. The Bertz CT molecular complexity index is 1310. The van der Waals surface area contributed by atoms with E-state index >= 15 is 4.39 Å². The van der Waals surface area contributed by atoms with Gasteiger partial charge in [-0.2, -0.15) is 0 Å². The number of rotatable bonds is 4. The molecule has 3 amide bonds. The van der Waals surface area contributed by atoms with Gasteiger partial charge in [0.2, 0.25) is 5.91 Å². The van der Waals surface area contributed by atoms with Crippen LogP contribution in [0.2, 0.25) is 5.02 Å². The number of hydrogen-bond donors (Lipinski definition) is 1. The maximum Gasteiger partial charge on any atom is 0.410 e. The summed E-state index contributed by atoms with van der Waals surface area (Å²) in [6.45, 7) is 7.80. The molecule has 208 valence electrons. The number of aromatic nitrogens is 1. The van der Waals surface area contributed by atoms with Gasteiger partial charge in [0.05, 0.1) is 22.0 Å². The molecule has 1 spiro atoms. The molecule has 1 N–H and O–H groups in total. The average Bonchev–Trinajstić information content (AvgIpc) is 3.09. The van der Waals surface area contributed by atoms with E-state index in [9.17, 15) is 14.4 Å². The van der Waals surface area contributed by atoms with Gasteiger partial charge in [-0.15, -0.1) is 0 Å². The van der Waals surface area contributed by atoms with Crippen LogP contribution >= 0.6 is 11.6 Å². The summed E-state index contributed by atoms with van der Waals surface area (Å²) in [5.41, 5.74) is 0.323. The lowest BCUT2D eigenvalue weighted by Crippen LogP contribution is -2.66. The van der Waals surface area contributed by atoms with Crippen molar-refractivity contribution in [3.8, 4) is 0 Å². The molecule has 1 saturated carbocycles.